The van der Waals surface area contributed by atoms with E-state index in [1.165, 1.54) is 0 Å². The molecule has 1 atom stereocenters. The van der Waals surface area contributed by atoms with E-state index in [0.29, 0.717) is 51.0 Å². The molecule has 7 heteroatoms. The van der Waals surface area contributed by atoms with Gasteiger partial charge in [0.15, 0.2) is 5.82 Å². The first-order valence-corrected chi connectivity index (χ1v) is 7.85. The van der Waals surface area contributed by atoms with Crippen LogP contribution in [0.5, 0.6) is 0 Å². The van der Waals surface area contributed by atoms with E-state index in [2.05, 4.69) is 20.8 Å². The maximum atomic E-state index is 10.4. The van der Waals surface area contributed by atoms with Gasteiger partial charge in [-0.1, -0.05) is 23.4 Å². The Balaban J connectivity index is 1.45. The van der Waals surface area contributed by atoms with E-state index in [1.807, 2.05) is 30.3 Å². The second kappa shape index (κ2) is 7.65. The summed E-state index contributed by atoms with van der Waals surface area (Å²) in [6, 6.07) is 9.68. The first kappa shape index (κ1) is 16.1. The molecule has 1 aliphatic heterocycles. The van der Waals surface area contributed by atoms with Crippen LogP contribution in [0.2, 0.25) is 0 Å². The lowest BCUT2D eigenvalue weighted by atomic mass is 10.1. The van der Waals surface area contributed by atoms with Crippen LogP contribution in [-0.2, 0) is 11.2 Å². The van der Waals surface area contributed by atoms with Gasteiger partial charge in [-0.25, -0.2) is 0 Å². The molecule has 7 nitrogen and oxygen atoms in total. The van der Waals surface area contributed by atoms with E-state index >= 15 is 0 Å². The third kappa shape index (κ3) is 4.59. The number of ether oxygens (including phenoxy) is 1. The highest BCUT2D eigenvalue weighted by molar-refractivity contribution is 5.51. The number of hydrogen-bond donors (Lipinski definition) is 3. The Morgan fingerprint density at radius 2 is 2.17 bits per heavy atom. The largest absolute Gasteiger partial charge is 0.385 e. The van der Waals surface area contributed by atoms with Gasteiger partial charge < -0.3 is 25.0 Å². The maximum Gasteiger partial charge on any atom is 0.257 e. The minimum Gasteiger partial charge on any atom is -0.385 e. The molecule has 0 bridgehead atoms. The molecule has 2 heterocycles. The maximum absolute atomic E-state index is 10.4. The summed E-state index contributed by atoms with van der Waals surface area (Å²) in [5, 5.41) is 20.8. The molecule has 3 N–H and O–H groups in total. The summed E-state index contributed by atoms with van der Waals surface area (Å²) < 4.78 is 10.7. The fourth-order valence-corrected chi connectivity index (χ4v) is 2.47. The van der Waals surface area contributed by atoms with Crippen molar-refractivity contribution in [2.45, 2.75) is 12.0 Å². The van der Waals surface area contributed by atoms with Gasteiger partial charge in [0.25, 0.3) is 5.89 Å². The highest BCUT2D eigenvalue weighted by atomic mass is 16.5. The third-order valence-corrected chi connectivity index (χ3v) is 3.72. The molecular weight excluding hydrogens is 296 g/mol. The van der Waals surface area contributed by atoms with Gasteiger partial charge in [0, 0.05) is 38.2 Å². The number of benzene rings is 1. The Bertz CT molecular complexity index is 594. The first-order valence-electron chi connectivity index (χ1n) is 7.85. The molecule has 1 unspecified atom stereocenters. The monoisotopic (exact) mass is 318 g/mol. The van der Waals surface area contributed by atoms with Crippen molar-refractivity contribution in [1.29, 1.82) is 0 Å². The van der Waals surface area contributed by atoms with Crippen LogP contribution in [0.1, 0.15) is 5.82 Å². The van der Waals surface area contributed by atoms with Crippen LogP contribution in [0.25, 0.3) is 11.5 Å². The molecular formula is C16H22N4O3. The lowest BCUT2D eigenvalue weighted by Crippen LogP contribution is -2.50. The Kier molecular flexibility index (Phi) is 5.35. The Hall–Kier alpha value is -1.80. The minimum absolute atomic E-state index is 0.341. The molecule has 1 aliphatic rings. The number of aliphatic hydroxyl groups is 1. The van der Waals surface area contributed by atoms with E-state index in [9.17, 15) is 5.11 Å². The van der Waals surface area contributed by atoms with Gasteiger partial charge in [-0.05, 0) is 12.1 Å². The molecule has 0 spiro atoms. The SMILES string of the molecule is OC1(CNCCc2noc(-c3ccccc3)n2)CNCCOC1. The smallest absolute Gasteiger partial charge is 0.257 e. The predicted octanol–water partition coefficient (Wildman–Crippen LogP) is 0.220. The molecule has 3 rings (SSSR count). The van der Waals surface area contributed by atoms with Gasteiger partial charge >= 0.3 is 0 Å². The first-order chi connectivity index (χ1) is 11.3. The van der Waals surface area contributed by atoms with E-state index in [1.54, 1.807) is 0 Å². The van der Waals surface area contributed by atoms with Crippen LogP contribution < -0.4 is 10.6 Å². The summed E-state index contributed by atoms with van der Waals surface area (Å²) in [6.07, 6.45) is 0.640. The topological polar surface area (TPSA) is 92.4 Å². The van der Waals surface area contributed by atoms with Crippen LogP contribution in [0.15, 0.2) is 34.9 Å². The molecule has 1 saturated heterocycles. The van der Waals surface area contributed by atoms with Crippen molar-refractivity contribution in [2.75, 3.05) is 39.4 Å². The molecule has 0 saturated carbocycles. The van der Waals surface area contributed by atoms with Crippen molar-refractivity contribution in [3.8, 4) is 11.5 Å². The summed E-state index contributed by atoms with van der Waals surface area (Å²) in [5.41, 5.74) is 0.0402. The zero-order valence-corrected chi connectivity index (χ0v) is 13.0. The van der Waals surface area contributed by atoms with E-state index in [-0.39, 0.29) is 0 Å². The number of rotatable bonds is 6. The summed E-state index contributed by atoms with van der Waals surface area (Å²) in [7, 11) is 0. The Morgan fingerprint density at radius 1 is 1.30 bits per heavy atom. The van der Waals surface area contributed by atoms with Crippen LogP contribution in [-0.4, -0.2) is 60.2 Å². The molecule has 0 amide bonds. The number of hydrogen-bond acceptors (Lipinski definition) is 7. The fraction of sp³-hybridized carbons (Fsp3) is 0.500. The zero-order valence-electron chi connectivity index (χ0n) is 13.0. The summed E-state index contributed by atoms with van der Waals surface area (Å²) in [4.78, 5) is 4.38. The molecule has 23 heavy (non-hydrogen) atoms. The van der Waals surface area contributed by atoms with Crippen LogP contribution in [0, 0.1) is 0 Å². The molecule has 1 fully saturated rings. The van der Waals surface area contributed by atoms with Crippen molar-refractivity contribution < 1.29 is 14.4 Å². The average Bonchev–Trinajstić information content (AvgIpc) is 2.94. The number of aromatic nitrogens is 2. The van der Waals surface area contributed by atoms with Crippen LogP contribution in [0.4, 0.5) is 0 Å². The molecule has 1 aromatic carbocycles. The van der Waals surface area contributed by atoms with Gasteiger partial charge in [-0.15, -0.1) is 0 Å². The highest BCUT2D eigenvalue weighted by Gasteiger charge is 2.28. The second-order valence-electron chi connectivity index (χ2n) is 5.76. The van der Waals surface area contributed by atoms with Gasteiger partial charge in [-0.3, -0.25) is 0 Å². The summed E-state index contributed by atoms with van der Waals surface area (Å²) in [6.45, 7) is 3.40. The number of β-amino-alcohol motifs (C(OH)–C–C–N with tert-alkyl or cyclic N) is 1. The highest BCUT2D eigenvalue weighted by Crippen LogP contribution is 2.16. The fourth-order valence-electron chi connectivity index (χ4n) is 2.47. The molecule has 0 aliphatic carbocycles. The quantitative estimate of drug-likeness (QED) is 0.656. The van der Waals surface area contributed by atoms with Crippen molar-refractivity contribution in [1.82, 2.24) is 20.8 Å². The van der Waals surface area contributed by atoms with Gasteiger partial charge in [-0.2, -0.15) is 4.98 Å². The Labute approximate surface area is 135 Å². The third-order valence-electron chi connectivity index (χ3n) is 3.72. The van der Waals surface area contributed by atoms with Crippen LogP contribution >= 0.6 is 0 Å². The lowest BCUT2D eigenvalue weighted by molar-refractivity contribution is -0.0261. The molecule has 1 aromatic heterocycles. The van der Waals surface area contributed by atoms with Gasteiger partial charge in [0.2, 0.25) is 0 Å². The van der Waals surface area contributed by atoms with Gasteiger partial charge in [0.05, 0.1) is 13.2 Å². The Morgan fingerprint density at radius 3 is 3.04 bits per heavy atom. The molecule has 124 valence electrons. The van der Waals surface area contributed by atoms with E-state index in [0.717, 1.165) is 12.1 Å². The average molecular weight is 318 g/mol. The van der Waals surface area contributed by atoms with Gasteiger partial charge in [0.1, 0.15) is 5.60 Å². The zero-order chi connectivity index (χ0) is 16.0. The summed E-state index contributed by atoms with van der Waals surface area (Å²) >= 11 is 0. The number of nitrogens with one attached hydrogen (secondary N) is 2. The van der Waals surface area contributed by atoms with Crippen molar-refractivity contribution in [3.63, 3.8) is 0 Å². The predicted molar refractivity (Wildman–Crippen MR) is 84.9 cm³/mol. The lowest BCUT2D eigenvalue weighted by Gasteiger charge is -2.26. The van der Waals surface area contributed by atoms with E-state index < -0.39 is 5.60 Å². The van der Waals surface area contributed by atoms with Crippen molar-refractivity contribution in [3.05, 3.63) is 36.2 Å². The number of nitrogens with zero attached hydrogens (tertiary/aromatic N) is 2. The summed E-state index contributed by atoms with van der Waals surface area (Å²) in [5.74, 6) is 1.18. The molecule has 2 aromatic rings. The second-order valence-corrected chi connectivity index (χ2v) is 5.76. The van der Waals surface area contributed by atoms with Crippen LogP contribution in [0.3, 0.4) is 0 Å². The van der Waals surface area contributed by atoms with E-state index in [4.69, 9.17) is 9.26 Å². The molecule has 0 radical (unpaired) electrons. The van der Waals surface area contributed by atoms with Crippen molar-refractivity contribution >= 4 is 0 Å². The normalized spacial score (nSPS) is 22.0. The van der Waals surface area contributed by atoms with Crippen molar-refractivity contribution in [2.24, 2.45) is 0 Å². The standard InChI is InChI=1S/C16H22N4O3/c21-16(11-18-8-9-22-12-16)10-17-7-6-14-19-15(23-20-14)13-4-2-1-3-5-13/h1-5,17-18,21H,6-12H2. The minimum atomic E-state index is -0.872.